The highest BCUT2D eigenvalue weighted by molar-refractivity contribution is 6.27. The van der Waals surface area contributed by atoms with Crippen LogP contribution in [0.4, 0.5) is 0 Å². The Morgan fingerprint density at radius 1 is 0.525 bits per heavy atom. The lowest BCUT2D eigenvalue weighted by Crippen LogP contribution is -2.09. The van der Waals surface area contributed by atoms with Crippen molar-refractivity contribution in [1.82, 2.24) is 30.4 Å². The smallest absolute Gasteiger partial charge is 0.414 e. The van der Waals surface area contributed by atoms with Gasteiger partial charge in [-0.15, -0.1) is 0 Å². The Morgan fingerprint density at radius 3 is 1.25 bits per heavy atom. The molecule has 6 rings (SSSR count). The highest BCUT2D eigenvalue weighted by Gasteiger charge is 2.10. The molecule has 0 radical (unpaired) electrons. The van der Waals surface area contributed by atoms with Crippen LogP contribution >= 0.6 is 0 Å². The van der Waals surface area contributed by atoms with Gasteiger partial charge in [0, 0.05) is 35.9 Å². The Morgan fingerprint density at radius 2 is 0.925 bits per heavy atom. The van der Waals surface area contributed by atoms with Crippen molar-refractivity contribution in [3.8, 4) is 45.0 Å². The number of pyridine rings is 2. The summed E-state index contributed by atoms with van der Waals surface area (Å²) >= 11 is 0. The van der Waals surface area contributed by atoms with Crippen molar-refractivity contribution in [1.29, 1.82) is 0 Å². The molecule has 4 N–H and O–H groups in total. The normalized spacial score (nSPS) is 9.90. The first kappa shape index (κ1) is 27.1. The minimum Gasteiger partial charge on any atom is -0.473 e. The molecule has 6 aromatic rings. The molecule has 0 unspecified atom stereocenters. The Balaban J connectivity index is 0.000000155. The molecule has 10 nitrogen and oxygen atoms in total. The number of hydrogen-bond acceptors (Lipinski definition) is 6. The molecule has 2 aromatic carbocycles. The molecule has 0 fully saturated rings. The first-order chi connectivity index (χ1) is 19.5. The van der Waals surface area contributed by atoms with Crippen molar-refractivity contribution in [2.75, 3.05) is 0 Å². The van der Waals surface area contributed by atoms with E-state index in [9.17, 15) is 0 Å². The van der Waals surface area contributed by atoms with E-state index in [0.29, 0.717) is 0 Å². The number of nitrogens with zero attached hydrogens (tertiary/aromatic N) is 4. The van der Waals surface area contributed by atoms with Gasteiger partial charge < -0.3 is 10.2 Å². The van der Waals surface area contributed by atoms with E-state index in [1.54, 1.807) is 24.8 Å². The molecular formula is C30H24N6O4. The summed E-state index contributed by atoms with van der Waals surface area (Å²) in [6.07, 6.45) is 7.18. The van der Waals surface area contributed by atoms with Gasteiger partial charge in [0.2, 0.25) is 0 Å². The fourth-order valence-electron chi connectivity index (χ4n) is 3.70. The van der Waals surface area contributed by atoms with E-state index in [4.69, 9.17) is 19.8 Å². The molecule has 0 saturated heterocycles. The van der Waals surface area contributed by atoms with Crippen LogP contribution < -0.4 is 0 Å². The number of benzene rings is 2. The quantitative estimate of drug-likeness (QED) is 0.219. The Hall–Kier alpha value is -5.90. The first-order valence-electron chi connectivity index (χ1n) is 12.0. The molecule has 40 heavy (non-hydrogen) atoms. The van der Waals surface area contributed by atoms with Gasteiger partial charge in [-0.25, -0.2) is 9.59 Å². The minimum absolute atomic E-state index is 0.865. The summed E-state index contributed by atoms with van der Waals surface area (Å²) in [5.74, 6) is -3.65. The van der Waals surface area contributed by atoms with Gasteiger partial charge in [-0.2, -0.15) is 10.2 Å². The number of hydrogen-bond donors (Lipinski definition) is 4. The van der Waals surface area contributed by atoms with Gasteiger partial charge in [0.15, 0.2) is 0 Å². The largest absolute Gasteiger partial charge is 0.473 e. The molecular weight excluding hydrogens is 508 g/mol. The average Bonchev–Trinajstić information content (AvgIpc) is 3.74. The van der Waals surface area contributed by atoms with Crippen molar-refractivity contribution in [3.05, 3.63) is 122 Å². The number of nitrogens with one attached hydrogen (secondary N) is 2. The SMILES string of the molecule is O=C(O)C(=O)O.c1ccc(-c2cccnc2-c2cc[nH]n2)cc1.c1ccc(-c2cccnc2-c2cc[nH]n2)cc1. The second-order valence-electron chi connectivity index (χ2n) is 8.06. The zero-order valence-corrected chi connectivity index (χ0v) is 21.0. The molecule has 198 valence electrons. The summed E-state index contributed by atoms with van der Waals surface area (Å²) in [5, 5.41) is 28.8. The number of aromatic amines is 2. The molecule has 0 bridgehead atoms. The highest BCUT2D eigenvalue weighted by Crippen LogP contribution is 2.29. The molecule has 10 heteroatoms. The maximum Gasteiger partial charge on any atom is 0.414 e. The van der Waals surface area contributed by atoms with Gasteiger partial charge in [-0.05, 0) is 35.4 Å². The van der Waals surface area contributed by atoms with Crippen molar-refractivity contribution < 1.29 is 19.8 Å². The van der Waals surface area contributed by atoms with E-state index >= 15 is 0 Å². The molecule has 0 saturated carbocycles. The number of H-pyrrole nitrogens is 2. The highest BCUT2D eigenvalue weighted by atomic mass is 16.4. The molecule has 0 atom stereocenters. The Kier molecular flexibility index (Phi) is 9.22. The third-order valence-corrected chi connectivity index (χ3v) is 5.45. The maximum absolute atomic E-state index is 9.10. The summed E-state index contributed by atoms with van der Waals surface area (Å²) in [6.45, 7) is 0. The van der Waals surface area contributed by atoms with Crippen LogP contribution in [-0.2, 0) is 9.59 Å². The third-order valence-electron chi connectivity index (χ3n) is 5.45. The van der Waals surface area contributed by atoms with Crippen LogP contribution in [0, 0.1) is 0 Å². The number of aliphatic carboxylic acids is 2. The van der Waals surface area contributed by atoms with E-state index in [-0.39, 0.29) is 0 Å². The zero-order chi connectivity index (χ0) is 28.2. The van der Waals surface area contributed by atoms with E-state index in [0.717, 1.165) is 45.0 Å². The second kappa shape index (κ2) is 13.6. The second-order valence-corrected chi connectivity index (χ2v) is 8.06. The molecule has 0 aliphatic heterocycles. The molecule has 0 aliphatic carbocycles. The van der Waals surface area contributed by atoms with E-state index in [1.165, 1.54) is 0 Å². The summed E-state index contributed by atoms with van der Waals surface area (Å²) in [6, 6.07) is 32.3. The van der Waals surface area contributed by atoms with Crippen LogP contribution in [0.3, 0.4) is 0 Å². The molecule has 0 amide bonds. The fraction of sp³-hybridized carbons (Fsp3) is 0. The van der Waals surface area contributed by atoms with Crippen LogP contribution in [0.15, 0.2) is 122 Å². The number of carboxylic acid groups (broad SMARTS) is 2. The van der Waals surface area contributed by atoms with Gasteiger partial charge in [0.25, 0.3) is 0 Å². The number of aromatic nitrogens is 6. The van der Waals surface area contributed by atoms with E-state index < -0.39 is 11.9 Å². The van der Waals surface area contributed by atoms with E-state index in [1.807, 2.05) is 60.7 Å². The summed E-state index contributed by atoms with van der Waals surface area (Å²) in [5.41, 5.74) is 8.03. The van der Waals surface area contributed by atoms with E-state index in [2.05, 4.69) is 66.8 Å². The third kappa shape index (κ3) is 7.11. The predicted molar refractivity (Wildman–Crippen MR) is 150 cm³/mol. The molecule has 4 aromatic heterocycles. The van der Waals surface area contributed by atoms with Crippen LogP contribution in [0.25, 0.3) is 45.0 Å². The lowest BCUT2D eigenvalue weighted by atomic mass is 10.0. The van der Waals surface area contributed by atoms with Crippen molar-refractivity contribution >= 4 is 11.9 Å². The monoisotopic (exact) mass is 532 g/mol. The maximum atomic E-state index is 9.10. The average molecular weight is 533 g/mol. The predicted octanol–water partition coefficient (Wildman–Crippen LogP) is 5.43. The molecule has 0 aliphatic rings. The molecule has 4 heterocycles. The topological polar surface area (TPSA) is 158 Å². The zero-order valence-electron chi connectivity index (χ0n) is 21.0. The lowest BCUT2D eigenvalue weighted by Gasteiger charge is -2.05. The van der Waals surface area contributed by atoms with Crippen molar-refractivity contribution in [2.24, 2.45) is 0 Å². The fourth-order valence-corrected chi connectivity index (χ4v) is 3.70. The van der Waals surface area contributed by atoms with Crippen molar-refractivity contribution in [2.45, 2.75) is 0 Å². The summed E-state index contributed by atoms with van der Waals surface area (Å²) < 4.78 is 0. The first-order valence-corrected chi connectivity index (χ1v) is 12.0. The van der Waals surface area contributed by atoms with Crippen LogP contribution in [0.2, 0.25) is 0 Å². The Labute approximate surface area is 229 Å². The van der Waals surface area contributed by atoms with Gasteiger partial charge in [0.05, 0.1) is 11.4 Å². The Bertz CT molecular complexity index is 1510. The minimum atomic E-state index is -1.82. The van der Waals surface area contributed by atoms with Crippen molar-refractivity contribution in [3.63, 3.8) is 0 Å². The summed E-state index contributed by atoms with van der Waals surface area (Å²) in [7, 11) is 0. The van der Waals surface area contributed by atoms with Gasteiger partial charge in [-0.3, -0.25) is 20.2 Å². The van der Waals surface area contributed by atoms with Gasteiger partial charge in [0.1, 0.15) is 11.4 Å². The standard InChI is InChI=1S/2C14H11N3.C2H2O4/c2*1-2-5-11(6-3-1)12-7-4-9-15-14(12)13-8-10-16-17-13;3-1(4)2(5)6/h2*1-10H,(H,16,17);(H,3,4)(H,5,6). The van der Waals surface area contributed by atoms with Crippen LogP contribution in [-0.4, -0.2) is 52.5 Å². The number of rotatable bonds is 4. The van der Waals surface area contributed by atoms with Gasteiger partial charge >= 0.3 is 11.9 Å². The number of carbonyl (C=O) groups is 2. The summed E-state index contributed by atoms with van der Waals surface area (Å²) in [4.78, 5) is 27.0. The number of carboxylic acids is 2. The molecule has 0 spiro atoms. The van der Waals surface area contributed by atoms with Crippen LogP contribution in [0.1, 0.15) is 0 Å². The van der Waals surface area contributed by atoms with Gasteiger partial charge in [-0.1, -0.05) is 72.8 Å². The van der Waals surface area contributed by atoms with Crippen LogP contribution in [0.5, 0.6) is 0 Å². The lowest BCUT2D eigenvalue weighted by molar-refractivity contribution is -0.159.